The molecule has 150 valence electrons. The number of esters is 1. The summed E-state index contributed by atoms with van der Waals surface area (Å²) < 4.78 is 5.29. The molecule has 0 saturated carbocycles. The van der Waals surface area contributed by atoms with Crippen LogP contribution in [0.2, 0.25) is 0 Å². The summed E-state index contributed by atoms with van der Waals surface area (Å²) in [6.45, 7) is 10.9. The molecule has 2 atom stereocenters. The van der Waals surface area contributed by atoms with Gasteiger partial charge in [0.1, 0.15) is 12.6 Å². The van der Waals surface area contributed by atoms with Gasteiger partial charge < -0.3 is 15.2 Å². The Labute approximate surface area is 161 Å². The van der Waals surface area contributed by atoms with Gasteiger partial charge in [-0.2, -0.15) is 0 Å². The highest BCUT2D eigenvalue weighted by Gasteiger charge is 2.39. The van der Waals surface area contributed by atoms with Crippen molar-refractivity contribution in [2.45, 2.75) is 60.6 Å². The van der Waals surface area contributed by atoms with Gasteiger partial charge >= 0.3 is 11.9 Å². The summed E-state index contributed by atoms with van der Waals surface area (Å²) in [5.41, 5.74) is -0.324. The largest absolute Gasteiger partial charge is 0.480 e. The van der Waals surface area contributed by atoms with E-state index >= 15 is 0 Å². The van der Waals surface area contributed by atoms with Crippen LogP contribution in [0.3, 0.4) is 0 Å². The molecule has 1 rings (SSSR count). The molecule has 0 bridgehead atoms. The molecule has 2 N–H and O–H groups in total. The van der Waals surface area contributed by atoms with Crippen LogP contribution in [-0.2, 0) is 25.7 Å². The van der Waals surface area contributed by atoms with Crippen LogP contribution in [0.1, 0.15) is 53.5 Å². The quantitative estimate of drug-likeness (QED) is 0.711. The summed E-state index contributed by atoms with van der Waals surface area (Å²) in [5.74, 6) is -2.75. The molecule has 0 aliphatic heterocycles. The van der Waals surface area contributed by atoms with Crippen LogP contribution in [0.25, 0.3) is 0 Å². The third-order valence-corrected chi connectivity index (χ3v) is 4.37. The van der Waals surface area contributed by atoms with Crippen molar-refractivity contribution in [3.8, 4) is 0 Å². The lowest BCUT2D eigenvalue weighted by Crippen LogP contribution is -2.52. The molecular formula is C21H31NO5. The van der Waals surface area contributed by atoms with Crippen LogP contribution in [0, 0.1) is 16.7 Å². The summed E-state index contributed by atoms with van der Waals surface area (Å²) in [7, 11) is 0. The number of carboxylic acid groups (broad SMARTS) is 1. The third kappa shape index (κ3) is 7.41. The fraction of sp³-hybridized carbons (Fsp3) is 0.571. The molecule has 0 aliphatic rings. The highest BCUT2D eigenvalue weighted by Crippen LogP contribution is 2.30. The van der Waals surface area contributed by atoms with Gasteiger partial charge in [-0.25, -0.2) is 4.79 Å². The fourth-order valence-electron chi connectivity index (χ4n) is 2.65. The normalized spacial score (nSPS) is 14.1. The van der Waals surface area contributed by atoms with Crippen molar-refractivity contribution in [3.63, 3.8) is 0 Å². The van der Waals surface area contributed by atoms with Crippen LogP contribution in [0.4, 0.5) is 0 Å². The second-order valence-electron chi connectivity index (χ2n) is 8.91. The number of ether oxygens (including phenoxy) is 1. The smallest absolute Gasteiger partial charge is 0.326 e. The van der Waals surface area contributed by atoms with E-state index in [1.165, 1.54) is 0 Å². The number of carboxylic acids is 1. The van der Waals surface area contributed by atoms with Crippen molar-refractivity contribution in [3.05, 3.63) is 35.9 Å². The highest BCUT2D eigenvalue weighted by atomic mass is 16.5. The van der Waals surface area contributed by atoms with E-state index < -0.39 is 40.6 Å². The van der Waals surface area contributed by atoms with Gasteiger partial charge in [0.25, 0.3) is 0 Å². The van der Waals surface area contributed by atoms with E-state index in [4.69, 9.17) is 4.74 Å². The second-order valence-corrected chi connectivity index (χ2v) is 8.91. The maximum Gasteiger partial charge on any atom is 0.326 e. The minimum absolute atomic E-state index is 0.112. The maximum absolute atomic E-state index is 12.8. The predicted molar refractivity (Wildman–Crippen MR) is 103 cm³/mol. The zero-order valence-corrected chi connectivity index (χ0v) is 17.0. The lowest BCUT2D eigenvalue weighted by Gasteiger charge is -2.33. The first-order chi connectivity index (χ1) is 12.3. The molecule has 0 aliphatic carbocycles. The molecular weight excluding hydrogens is 346 g/mol. The topological polar surface area (TPSA) is 92.7 Å². The summed E-state index contributed by atoms with van der Waals surface area (Å²) in [6.07, 6.45) is -0.112. The van der Waals surface area contributed by atoms with Gasteiger partial charge in [-0.1, -0.05) is 71.9 Å². The zero-order valence-electron chi connectivity index (χ0n) is 17.0. The molecule has 0 aromatic heterocycles. The average molecular weight is 377 g/mol. The van der Waals surface area contributed by atoms with E-state index in [9.17, 15) is 19.5 Å². The Morgan fingerprint density at radius 3 is 2.00 bits per heavy atom. The molecule has 0 spiro atoms. The molecule has 0 saturated heterocycles. The lowest BCUT2D eigenvalue weighted by molar-refractivity contribution is -0.151. The monoisotopic (exact) mass is 377 g/mol. The maximum atomic E-state index is 12.8. The van der Waals surface area contributed by atoms with E-state index in [2.05, 4.69) is 5.32 Å². The molecule has 6 heteroatoms. The first-order valence-electron chi connectivity index (χ1n) is 9.05. The Bertz CT molecular complexity index is 655. The summed E-state index contributed by atoms with van der Waals surface area (Å²) in [4.78, 5) is 36.6. The van der Waals surface area contributed by atoms with Gasteiger partial charge in [-0.15, -0.1) is 0 Å². The minimum Gasteiger partial charge on any atom is -0.480 e. The molecule has 27 heavy (non-hydrogen) atoms. The minimum atomic E-state index is -1.10. The van der Waals surface area contributed by atoms with Crippen LogP contribution in [0.15, 0.2) is 30.3 Å². The van der Waals surface area contributed by atoms with Crippen LogP contribution in [0.5, 0.6) is 0 Å². The first-order valence-corrected chi connectivity index (χ1v) is 9.05. The van der Waals surface area contributed by atoms with E-state index in [0.717, 1.165) is 5.56 Å². The Kier molecular flexibility index (Phi) is 7.57. The van der Waals surface area contributed by atoms with Crippen molar-refractivity contribution in [1.29, 1.82) is 0 Å². The van der Waals surface area contributed by atoms with Crippen molar-refractivity contribution in [2.24, 2.45) is 16.7 Å². The molecule has 6 nitrogen and oxygen atoms in total. The fourth-order valence-corrected chi connectivity index (χ4v) is 2.65. The highest BCUT2D eigenvalue weighted by molar-refractivity contribution is 5.88. The molecule has 0 heterocycles. The number of nitrogens with one attached hydrogen (secondary N) is 1. The van der Waals surface area contributed by atoms with E-state index in [1.54, 1.807) is 20.8 Å². The Hall–Kier alpha value is -2.37. The Morgan fingerprint density at radius 2 is 1.56 bits per heavy atom. The number of benzene rings is 1. The Balaban J connectivity index is 2.81. The number of hydrogen-bond acceptors (Lipinski definition) is 4. The molecule has 0 unspecified atom stereocenters. The van der Waals surface area contributed by atoms with E-state index in [-0.39, 0.29) is 13.0 Å². The van der Waals surface area contributed by atoms with Crippen molar-refractivity contribution >= 4 is 17.8 Å². The zero-order chi connectivity index (χ0) is 20.8. The van der Waals surface area contributed by atoms with Gasteiger partial charge in [-0.05, 0) is 16.4 Å². The lowest BCUT2D eigenvalue weighted by atomic mass is 9.77. The van der Waals surface area contributed by atoms with Gasteiger partial charge in [0.05, 0.1) is 12.3 Å². The van der Waals surface area contributed by atoms with Gasteiger partial charge in [0.2, 0.25) is 5.91 Å². The SMILES string of the molecule is CC(C)(C)[C@H](CC(=O)OCc1ccccc1)C(=O)N[C@H](C(=O)O)C(C)(C)C. The number of aliphatic carboxylic acids is 1. The van der Waals surface area contributed by atoms with Crippen LogP contribution < -0.4 is 5.32 Å². The van der Waals surface area contributed by atoms with Gasteiger partial charge in [0, 0.05) is 0 Å². The summed E-state index contributed by atoms with van der Waals surface area (Å²) in [6, 6.07) is 8.24. The average Bonchev–Trinajstić information content (AvgIpc) is 2.54. The van der Waals surface area contributed by atoms with Crippen molar-refractivity contribution in [1.82, 2.24) is 5.32 Å². The molecule has 0 radical (unpaired) electrons. The molecule has 0 fully saturated rings. The van der Waals surface area contributed by atoms with Gasteiger partial charge in [-0.3, -0.25) is 9.59 Å². The second kappa shape index (κ2) is 9.02. The van der Waals surface area contributed by atoms with Crippen molar-refractivity contribution in [2.75, 3.05) is 0 Å². The van der Waals surface area contributed by atoms with Gasteiger partial charge in [0.15, 0.2) is 0 Å². The van der Waals surface area contributed by atoms with Crippen LogP contribution >= 0.6 is 0 Å². The molecule has 1 amide bonds. The number of amides is 1. The Morgan fingerprint density at radius 1 is 1.00 bits per heavy atom. The van der Waals surface area contributed by atoms with E-state index in [1.807, 2.05) is 51.1 Å². The molecule has 1 aromatic carbocycles. The van der Waals surface area contributed by atoms with Crippen molar-refractivity contribution < 1.29 is 24.2 Å². The number of hydrogen-bond donors (Lipinski definition) is 2. The first kappa shape index (κ1) is 22.7. The van der Waals surface area contributed by atoms with E-state index in [0.29, 0.717) is 0 Å². The third-order valence-electron chi connectivity index (χ3n) is 4.37. The number of rotatable bonds is 7. The molecule has 1 aromatic rings. The predicted octanol–water partition coefficient (Wildman–Crippen LogP) is 3.40. The summed E-state index contributed by atoms with van der Waals surface area (Å²) in [5, 5.41) is 12.0. The summed E-state index contributed by atoms with van der Waals surface area (Å²) >= 11 is 0. The number of carbonyl (C=O) groups is 3. The standard InChI is InChI=1S/C21H31NO5/c1-20(2,3)15(18(24)22-17(19(25)26)21(4,5)6)12-16(23)27-13-14-10-8-7-9-11-14/h7-11,15,17H,12-13H2,1-6H3,(H,22,24)(H,25,26)/t15-,17-/m1/s1. The number of carbonyl (C=O) groups excluding carboxylic acids is 2. The van der Waals surface area contributed by atoms with Crippen LogP contribution in [-0.4, -0.2) is 29.0 Å².